The van der Waals surface area contributed by atoms with Gasteiger partial charge in [0.15, 0.2) is 5.13 Å². The van der Waals surface area contributed by atoms with E-state index in [1.165, 1.54) is 21.2 Å². The summed E-state index contributed by atoms with van der Waals surface area (Å²) in [4.78, 5) is 10.1. The maximum atomic E-state index is 5.66. The van der Waals surface area contributed by atoms with Crippen molar-refractivity contribution < 1.29 is 0 Å². The highest BCUT2D eigenvalue weighted by Crippen LogP contribution is 2.33. The third-order valence-corrected chi connectivity index (χ3v) is 4.64. The molecule has 2 aromatic rings. The number of anilines is 1. The maximum Gasteiger partial charge on any atom is 0.180 e. The highest BCUT2D eigenvalue weighted by atomic mass is 32.2. The Kier molecular flexibility index (Phi) is 3.83. The molecule has 2 rings (SSSR count). The Bertz CT molecular complexity index is 475. The number of hydrogen-bond acceptors (Lipinski definition) is 6. The van der Waals surface area contributed by atoms with Gasteiger partial charge in [0.25, 0.3) is 0 Å². The molecule has 16 heavy (non-hydrogen) atoms. The Balaban J connectivity index is 2.38. The summed E-state index contributed by atoms with van der Waals surface area (Å²) in [6, 6.07) is 0. The number of aromatic nitrogens is 2. The van der Waals surface area contributed by atoms with E-state index in [4.69, 9.17) is 5.73 Å². The molecule has 2 aromatic heterocycles. The van der Waals surface area contributed by atoms with Crippen molar-refractivity contribution in [2.45, 2.75) is 19.1 Å². The minimum Gasteiger partial charge on any atom is -0.375 e. The monoisotopic (exact) mass is 271 g/mol. The van der Waals surface area contributed by atoms with Gasteiger partial charge in [-0.2, -0.15) is 11.8 Å². The number of nitrogen functional groups attached to an aromatic ring is 1. The van der Waals surface area contributed by atoms with E-state index in [1.807, 2.05) is 5.38 Å². The Hall–Kier alpha value is -0.590. The van der Waals surface area contributed by atoms with Gasteiger partial charge in [0.1, 0.15) is 5.01 Å². The third-order valence-electron chi connectivity index (χ3n) is 2.10. The lowest BCUT2D eigenvalue weighted by atomic mass is 10.2. The average Bonchev–Trinajstić information content (AvgIpc) is 2.84. The van der Waals surface area contributed by atoms with Crippen LogP contribution in [0.5, 0.6) is 0 Å². The van der Waals surface area contributed by atoms with E-state index in [9.17, 15) is 0 Å². The second kappa shape index (κ2) is 5.16. The fourth-order valence-electron chi connectivity index (χ4n) is 1.42. The van der Waals surface area contributed by atoms with Crippen molar-refractivity contribution in [3.8, 4) is 10.6 Å². The summed E-state index contributed by atoms with van der Waals surface area (Å²) >= 11 is 5.01. The molecule has 3 nitrogen and oxygen atoms in total. The summed E-state index contributed by atoms with van der Waals surface area (Å²) in [7, 11) is 0. The molecule has 2 heterocycles. The second-order valence-electron chi connectivity index (χ2n) is 3.24. The van der Waals surface area contributed by atoms with E-state index in [-0.39, 0.29) is 0 Å². The maximum absolute atomic E-state index is 5.66. The van der Waals surface area contributed by atoms with Gasteiger partial charge >= 0.3 is 0 Å². The zero-order valence-corrected chi connectivity index (χ0v) is 11.6. The average molecular weight is 271 g/mol. The van der Waals surface area contributed by atoms with Crippen LogP contribution in [0.2, 0.25) is 0 Å². The zero-order valence-electron chi connectivity index (χ0n) is 9.19. The molecule has 0 aliphatic rings. The first-order chi connectivity index (χ1) is 7.74. The van der Waals surface area contributed by atoms with Crippen molar-refractivity contribution in [3.05, 3.63) is 16.1 Å². The van der Waals surface area contributed by atoms with Crippen LogP contribution in [0.15, 0.2) is 5.38 Å². The number of rotatable bonds is 4. The van der Waals surface area contributed by atoms with Gasteiger partial charge in [-0.1, -0.05) is 6.92 Å². The van der Waals surface area contributed by atoms with Gasteiger partial charge in [-0.3, -0.25) is 0 Å². The number of thiazole rings is 2. The van der Waals surface area contributed by atoms with Crippen molar-refractivity contribution in [1.82, 2.24) is 9.97 Å². The Morgan fingerprint density at radius 2 is 2.25 bits per heavy atom. The minimum absolute atomic E-state index is 0.622. The van der Waals surface area contributed by atoms with Gasteiger partial charge in [0.2, 0.25) is 0 Å². The van der Waals surface area contributed by atoms with Crippen molar-refractivity contribution in [2.75, 3.05) is 12.0 Å². The number of thioether (sulfide) groups is 1. The predicted octanol–water partition coefficient (Wildman–Crippen LogP) is 3.27. The highest BCUT2D eigenvalue weighted by molar-refractivity contribution is 7.97. The van der Waals surface area contributed by atoms with E-state index in [0.29, 0.717) is 5.13 Å². The molecule has 0 aliphatic heterocycles. The molecule has 0 aliphatic carbocycles. The standard InChI is InChI=1S/C10H13N3S3/c1-3-6-9(7-4-15-10(11)13-7)16-8(12-6)5-14-2/h4H,3,5H2,1-2H3,(H2,11,13). The lowest BCUT2D eigenvalue weighted by Gasteiger charge is -1.93. The molecule has 2 N–H and O–H groups in total. The van der Waals surface area contributed by atoms with Gasteiger partial charge in [0, 0.05) is 11.1 Å². The molecule has 0 amide bonds. The minimum atomic E-state index is 0.622. The van der Waals surface area contributed by atoms with Crippen molar-refractivity contribution in [1.29, 1.82) is 0 Å². The van der Waals surface area contributed by atoms with Crippen LogP contribution < -0.4 is 5.73 Å². The van der Waals surface area contributed by atoms with Crippen LogP contribution in [-0.2, 0) is 12.2 Å². The quantitative estimate of drug-likeness (QED) is 0.927. The van der Waals surface area contributed by atoms with Crippen LogP contribution in [-0.4, -0.2) is 16.2 Å². The molecule has 0 bridgehead atoms. The van der Waals surface area contributed by atoms with Gasteiger partial charge in [-0.15, -0.1) is 22.7 Å². The summed E-state index contributed by atoms with van der Waals surface area (Å²) in [5.74, 6) is 0.970. The number of hydrogen-bond donors (Lipinski definition) is 1. The van der Waals surface area contributed by atoms with E-state index >= 15 is 0 Å². The Labute approximate surface area is 107 Å². The van der Waals surface area contributed by atoms with Crippen LogP contribution in [0.25, 0.3) is 10.6 Å². The molecule has 86 valence electrons. The lowest BCUT2D eigenvalue weighted by Crippen LogP contribution is -1.86. The van der Waals surface area contributed by atoms with Crippen LogP contribution >= 0.6 is 34.4 Å². The molecular weight excluding hydrogens is 258 g/mol. The summed E-state index contributed by atoms with van der Waals surface area (Å²) in [6.45, 7) is 2.12. The molecule has 0 aromatic carbocycles. The lowest BCUT2D eigenvalue weighted by molar-refractivity contribution is 1.04. The van der Waals surface area contributed by atoms with E-state index in [1.54, 1.807) is 23.1 Å². The van der Waals surface area contributed by atoms with Gasteiger partial charge < -0.3 is 5.73 Å². The SMILES string of the molecule is CCc1nc(CSC)sc1-c1csc(N)n1. The molecule has 0 atom stereocenters. The van der Waals surface area contributed by atoms with Crippen molar-refractivity contribution in [2.24, 2.45) is 0 Å². The Morgan fingerprint density at radius 3 is 2.81 bits per heavy atom. The summed E-state index contributed by atoms with van der Waals surface area (Å²) in [5, 5.41) is 3.80. The summed E-state index contributed by atoms with van der Waals surface area (Å²) in [5.41, 5.74) is 7.77. The van der Waals surface area contributed by atoms with Crippen LogP contribution in [0.3, 0.4) is 0 Å². The van der Waals surface area contributed by atoms with Gasteiger partial charge in [0.05, 0.1) is 16.3 Å². The summed E-state index contributed by atoms with van der Waals surface area (Å²) in [6.07, 6.45) is 3.03. The third kappa shape index (κ3) is 2.39. The van der Waals surface area contributed by atoms with Gasteiger partial charge in [-0.05, 0) is 12.7 Å². The smallest absolute Gasteiger partial charge is 0.180 e. The molecule has 6 heteroatoms. The molecule has 0 radical (unpaired) electrons. The van der Waals surface area contributed by atoms with E-state index in [0.717, 1.165) is 23.6 Å². The molecule has 0 fully saturated rings. The summed E-state index contributed by atoms with van der Waals surface area (Å²) < 4.78 is 0. The molecule has 0 saturated carbocycles. The number of aryl methyl sites for hydroxylation is 1. The molecule has 0 unspecified atom stereocenters. The molecule has 0 saturated heterocycles. The van der Waals surface area contributed by atoms with Crippen LogP contribution in [0, 0.1) is 0 Å². The highest BCUT2D eigenvalue weighted by Gasteiger charge is 2.13. The number of nitrogens with two attached hydrogens (primary N) is 1. The van der Waals surface area contributed by atoms with E-state index in [2.05, 4.69) is 23.1 Å². The first kappa shape index (κ1) is 11.9. The topological polar surface area (TPSA) is 51.8 Å². The van der Waals surface area contributed by atoms with Crippen LogP contribution in [0.1, 0.15) is 17.6 Å². The number of nitrogens with zero attached hydrogens (tertiary/aromatic N) is 2. The zero-order chi connectivity index (χ0) is 11.5. The normalized spacial score (nSPS) is 10.9. The molecular formula is C10H13N3S3. The fraction of sp³-hybridized carbons (Fsp3) is 0.400. The largest absolute Gasteiger partial charge is 0.375 e. The van der Waals surface area contributed by atoms with E-state index < -0.39 is 0 Å². The first-order valence-electron chi connectivity index (χ1n) is 4.93. The predicted molar refractivity (Wildman–Crippen MR) is 74.2 cm³/mol. The van der Waals surface area contributed by atoms with Crippen LogP contribution in [0.4, 0.5) is 5.13 Å². The molecule has 0 spiro atoms. The van der Waals surface area contributed by atoms with Crippen molar-refractivity contribution in [3.63, 3.8) is 0 Å². The van der Waals surface area contributed by atoms with Crippen molar-refractivity contribution >= 4 is 39.6 Å². The second-order valence-corrected chi connectivity index (χ2v) is 6.08. The Morgan fingerprint density at radius 1 is 1.44 bits per heavy atom. The fourth-order valence-corrected chi connectivity index (χ4v) is 3.86. The first-order valence-corrected chi connectivity index (χ1v) is 8.02. The van der Waals surface area contributed by atoms with Gasteiger partial charge in [-0.25, -0.2) is 9.97 Å².